The van der Waals surface area contributed by atoms with Gasteiger partial charge in [-0.2, -0.15) is 0 Å². The minimum absolute atomic E-state index is 0.847. The molecule has 1 aliphatic carbocycles. The summed E-state index contributed by atoms with van der Waals surface area (Å²) in [5.74, 6) is 0.968. The van der Waals surface area contributed by atoms with Crippen LogP contribution in [0, 0.1) is 5.92 Å². The average Bonchev–Trinajstić information content (AvgIpc) is 2.15. The molecule has 0 aromatic carbocycles. The van der Waals surface area contributed by atoms with Crippen LogP contribution in [0.25, 0.3) is 0 Å². The van der Waals surface area contributed by atoms with Gasteiger partial charge in [0.15, 0.2) is 0 Å². The maximum atomic E-state index is 2.42. The fraction of sp³-hybridized carbons (Fsp3) is 1.00. The van der Waals surface area contributed by atoms with Crippen molar-refractivity contribution >= 4 is 0 Å². The highest BCUT2D eigenvalue weighted by Gasteiger charge is 2.13. The van der Waals surface area contributed by atoms with E-state index in [-0.39, 0.29) is 0 Å². The monoisotopic (exact) mass is 197 g/mol. The Bertz CT molecular complexity index is 142. The molecule has 0 N–H and O–H groups in total. The predicted molar refractivity (Wildman–Crippen MR) is 63.6 cm³/mol. The molecule has 2 atom stereocenters. The van der Waals surface area contributed by atoms with Crippen LogP contribution in [0.3, 0.4) is 0 Å². The molecule has 0 radical (unpaired) electrons. The van der Waals surface area contributed by atoms with Gasteiger partial charge in [-0.3, -0.25) is 0 Å². The van der Waals surface area contributed by atoms with Crippen molar-refractivity contribution in [2.75, 3.05) is 14.1 Å². The van der Waals surface area contributed by atoms with Crippen molar-refractivity contribution in [3.63, 3.8) is 0 Å². The second-order valence-electron chi connectivity index (χ2n) is 5.29. The van der Waals surface area contributed by atoms with E-state index in [2.05, 4.69) is 25.9 Å². The second kappa shape index (κ2) is 6.44. The zero-order chi connectivity index (χ0) is 10.4. The maximum Gasteiger partial charge on any atom is 0.00891 e. The van der Waals surface area contributed by atoms with Gasteiger partial charge in [-0.1, -0.05) is 45.4 Å². The first-order valence-electron chi connectivity index (χ1n) is 6.36. The number of hydrogen-bond acceptors (Lipinski definition) is 1. The average molecular weight is 197 g/mol. The van der Waals surface area contributed by atoms with Crippen molar-refractivity contribution in [1.82, 2.24) is 4.90 Å². The molecule has 0 amide bonds. The van der Waals surface area contributed by atoms with Gasteiger partial charge in [0.25, 0.3) is 0 Å². The lowest BCUT2D eigenvalue weighted by atomic mass is 9.91. The molecular formula is C13H27N. The number of rotatable bonds is 1. The maximum absolute atomic E-state index is 2.42. The van der Waals surface area contributed by atoms with Gasteiger partial charge in [0.2, 0.25) is 0 Å². The van der Waals surface area contributed by atoms with Crippen LogP contribution in [0.5, 0.6) is 0 Å². The first-order chi connectivity index (χ1) is 6.70. The molecule has 1 heteroatoms. The lowest BCUT2D eigenvalue weighted by Gasteiger charge is -2.26. The molecule has 2 unspecified atom stereocenters. The highest BCUT2D eigenvalue weighted by Crippen LogP contribution is 2.22. The van der Waals surface area contributed by atoms with Crippen LogP contribution < -0.4 is 0 Å². The van der Waals surface area contributed by atoms with Crippen LogP contribution in [0.2, 0.25) is 0 Å². The van der Waals surface area contributed by atoms with Crippen molar-refractivity contribution in [3.05, 3.63) is 0 Å². The van der Waals surface area contributed by atoms with E-state index in [9.17, 15) is 0 Å². The molecule has 0 spiro atoms. The van der Waals surface area contributed by atoms with E-state index in [1.54, 1.807) is 0 Å². The molecule has 0 saturated heterocycles. The zero-order valence-electron chi connectivity index (χ0n) is 10.3. The summed E-state index contributed by atoms with van der Waals surface area (Å²) < 4.78 is 0. The summed E-state index contributed by atoms with van der Waals surface area (Å²) in [7, 11) is 4.47. The Morgan fingerprint density at radius 1 is 0.786 bits per heavy atom. The molecule has 14 heavy (non-hydrogen) atoms. The quantitative estimate of drug-likeness (QED) is 0.620. The molecule has 0 aliphatic heterocycles. The van der Waals surface area contributed by atoms with Gasteiger partial charge in [0.05, 0.1) is 0 Å². The largest absolute Gasteiger partial charge is 0.306 e. The van der Waals surface area contributed by atoms with Crippen molar-refractivity contribution in [2.45, 2.75) is 64.3 Å². The van der Waals surface area contributed by atoms with E-state index < -0.39 is 0 Å². The third-order valence-electron chi connectivity index (χ3n) is 3.70. The topological polar surface area (TPSA) is 3.24 Å². The third kappa shape index (κ3) is 4.45. The van der Waals surface area contributed by atoms with Gasteiger partial charge in [-0.25, -0.2) is 0 Å². The SMILES string of the molecule is CC1CCCCCC(N(C)C)CCC1. The highest BCUT2D eigenvalue weighted by molar-refractivity contribution is 4.69. The van der Waals surface area contributed by atoms with Gasteiger partial charge >= 0.3 is 0 Å². The third-order valence-corrected chi connectivity index (χ3v) is 3.70. The van der Waals surface area contributed by atoms with Gasteiger partial charge in [0.1, 0.15) is 0 Å². The first-order valence-corrected chi connectivity index (χ1v) is 6.36. The minimum Gasteiger partial charge on any atom is -0.306 e. The summed E-state index contributed by atoms with van der Waals surface area (Å²) in [6.07, 6.45) is 11.5. The summed E-state index contributed by atoms with van der Waals surface area (Å²) in [6, 6.07) is 0.847. The van der Waals surface area contributed by atoms with Crippen LogP contribution >= 0.6 is 0 Å². The molecule has 0 heterocycles. The molecule has 1 saturated carbocycles. The van der Waals surface area contributed by atoms with E-state index in [0.717, 1.165) is 12.0 Å². The van der Waals surface area contributed by atoms with Crippen molar-refractivity contribution in [2.24, 2.45) is 5.92 Å². The van der Waals surface area contributed by atoms with Crippen molar-refractivity contribution in [3.8, 4) is 0 Å². The second-order valence-corrected chi connectivity index (χ2v) is 5.29. The van der Waals surface area contributed by atoms with Crippen LogP contribution in [0.1, 0.15) is 58.3 Å². The summed E-state index contributed by atoms with van der Waals surface area (Å²) >= 11 is 0. The van der Waals surface area contributed by atoms with E-state index in [4.69, 9.17) is 0 Å². The first kappa shape index (κ1) is 12.0. The normalized spacial score (nSPS) is 31.7. The van der Waals surface area contributed by atoms with E-state index in [1.165, 1.54) is 51.4 Å². The summed E-state index contributed by atoms with van der Waals surface area (Å²) in [5.41, 5.74) is 0. The van der Waals surface area contributed by atoms with E-state index in [1.807, 2.05) is 0 Å². The Balaban J connectivity index is 2.33. The van der Waals surface area contributed by atoms with Gasteiger partial charge in [0, 0.05) is 6.04 Å². The molecule has 1 rings (SSSR count). The van der Waals surface area contributed by atoms with Crippen molar-refractivity contribution in [1.29, 1.82) is 0 Å². The Labute approximate surface area is 89.9 Å². The Morgan fingerprint density at radius 3 is 2.07 bits per heavy atom. The molecular weight excluding hydrogens is 170 g/mol. The number of hydrogen-bond donors (Lipinski definition) is 0. The Kier molecular flexibility index (Phi) is 5.54. The smallest absolute Gasteiger partial charge is 0.00891 e. The van der Waals surface area contributed by atoms with Crippen LogP contribution in [-0.2, 0) is 0 Å². The summed E-state index contributed by atoms with van der Waals surface area (Å²) in [6.45, 7) is 2.42. The van der Waals surface area contributed by atoms with E-state index in [0.29, 0.717) is 0 Å². The standard InChI is InChI=1S/C13H27N/c1-12-8-5-4-6-10-13(14(2)3)11-7-9-12/h12-13H,4-11H2,1-3H3. The summed E-state index contributed by atoms with van der Waals surface area (Å²) in [4.78, 5) is 2.42. The van der Waals surface area contributed by atoms with Gasteiger partial charge < -0.3 is 4.90 Å². The van der Waals surface area contributed by atoms with Gasteiger partial charge in [-0.05, 0) is 32.9 Å². The molecule has 0 aromatic rings. The van der Waals surface area contributed by atoms with Gasteiger partial charge in [-0.15, -0.1) is 0 Å². The Hall–Kier alpha value is -0.0400. The molecule has 1 aliphatic rings. The van der Waals surface area contributed by atoms with Crippen LogP contribution in [0.15, 0.2) is 0 Å². The molecule has 84 valence electrons. The fourth-order valence-electron chi connectivity index (χ4n) is 2.56. The lowest BCUT2D eigenvalue weighted by molar-refractivity contribution is 0.241. The van der Waals surface area contributed by atoms with Crippen molar-refractivity contribution < 1.29 is 0 Å². The number of nitrogens with zero attached hydrogens (tertiary/aromatic N) is 1. The predicted octanol–water partition coefficient (Wildman–Crippen LogP) is 3.69. The fourth-order valence-corrected chi connectivity index (χ4v) is 2.56. The minimum atomic E-state index is 0.847. The molecule has 1 fully saturated rings. The highest BCUT2D eigenvalue weighted by atomic mass is 15.1. The van der Waals surface area contributed by atoms with E-state index >= 15 is 0 Å². The van der Waals surface area contributed by atoms with Crippen LogP contribution in [0.4, 0.5) is 0 Å². The summed E-state index contributed by atoms with van der Waals surface area (Å²) in [5, 5.41) is 0. The molecule has 1 nitrogen and oxygen atoms in total. The zero-order valence-corrected chi connectivity index (χ0v) is 10.3. The lowest BCUT2D eigenvalue weighted by Crippen LogP contribution is -2.28. The Morgan fingerprint density at radius 2 is 1.36 bits per heavy atom. The molecule has 0 aromatic heterocycles. The molecule has 0 bridgehead atoms. The van der Waals surface area contributed by atoms with Crippen LogP contribution in [-0.4, -0.2) is 25.0 Å².